The quantitative estimate of drug-likeness (QED) is 0.0442. The minimum atomic E-state index is -0.391. The highest BCUT2D eigenvalue weighted by molar-refractivity contribution is 5.70. The first-order valence-electron chi connectivity index (χ1n) is 28.4. The van der Waals surface area contributed by atoms with Crippen LogP contribution in [0.1, 0.15) is 265 Å². The molecule has 2 aliphatic heterocycles. The standard InChI is InChI=1S/C56H108N2O6/c1-6-10-26-34-51(35-27-11-7-2)48-54(59)61-46-32-24-20-16-14-18-22-30-39-56(63-50-53(64-56)38-41-58-44-42-57(5)43-45-58)40-31-23-19-15-17-21-25-33-47-62-55(60)49-52(36-28-12-8-3)37-29-13-9-4/h51-53H,6-50H2,1-5H3. The Kier molecular flexibility index (Phi) is 37.6. The van der Waals surface area contributed by atoms with Gasteiger partial charge in [0.25, 0.3) is 0 Å². The Balaban J connectivity index is 1.60. The Morgan fingerprint density at radius 3 is 1.28 bits per heavy atom. The van der Waals surface area contributed by atoms with E-state index in [9.17, 15) is 9.59 Å². The molecular formula is C56H108N2O6. The van der Waals surface area contributed by atoms with Gasteiger partial charge in [-0.1, -0.05) is 182 Å². The highest BCUT2D eigenvalue weighted by Crippen LogP contribution is 2.36. The molecule has 8 heteroatoms. The average Bonchev–Trinajstić information content (AvgIpc) is 3.70. The molecule has 0 radical (unpaired) electrons. The molecule has 2 fully saturated rings. The molecule has 64 heavy (non-hydrogen) atoms. The molecule has 0 bridgehead atoms. The molecule has 2 rings (SSSR count). The van der Waals surface area contributed by atoms with Gasteiger partial charge in [0, 0.05) is 58.4 Å². The van der Waals surface area contributed by atoms with Gasteiger partial charge in [-0.25, -0.2) is 0 Å². The second-order valence-electron chi connectivity index (χ2n) is 20.6. The van der Waals surface area contributed by atoms with Crippen LogP contribution in [-0.2, 0) is 28.5 Å². The molecule has 0 aromatic heterocycles. The predicted molar refractivity (Wildman–Crippen MR) is 270 cm³/mol. The second-order valence-corrected chi connectivity index (χ2v) is 20.6. The van der Waals surface area contributed by atoms with Gasteiger partial charge in [-0.15, -0.1) is 0 Å². The molecule has 0 spiro atoms. The van der Waals surface area contributed by atoms with E-state index in [-0.39, 0.29) is 18.0 Å². The molecular weight excluding hydrogens is 797 g/mol. The number of ether oxygens (including phenoxy) is 4. The molecule has 0 N–H and O–H groups in total. The molecule has 0 saturated carbocycles. The van der Waals surface area contributed by atoms with Crippen molar-refractivity contribution in [3.05, 3.63) is 0 Å². The van der Waals surface area contributed by atoms with Crippen molar-refractivity contribution in [1.29, 1.82) is 0 Å². The summed E-state index contributed by atoms with van der Waals surface area (Å²) in [5.74, 6) is 0.679. The first-order chi connectivity index (χ1) is 31.3. The van der Waals surface area contributed by atoms with Gasteiger partial charge in [0.05, 0.1) is 25.9 Å². The fraction of sp³-hybridized carbons (Fsp3) is 0.964. The summed E-state index contributed by atoms with van der Waals surface area (Å²) >= 11 is 0. The Morgan fingerprint density at radius 1 is 0.516 bits per heavy atom. The Labute approximate surface area is 397 Å². The van der Waals surface area contributed by atoms with Crippen LogP contribution in [0.25, 0.3) is 0 Å². The van der Waals surface area contributed by atoms with E-state index >= 15 is 0 Å². The van der Waals surface area contributed by atoms with Crippen LogP contribution in [-0.4, -0.2) is 93.2 Å². The Bertz CT molecular complexity index is 986. The maximum atomic E-state index is 12.6. The van der Waals surface area contributed by atoms with Crippen molar-refractivity contribution in [3.63, 3.8) is 0 Å². The number of nitrogens with zero attached hydrogens (tertiary/aromatic N) is 2. The zero-order valence-corrected chi connectivity index (χ0v) is 43.4. The van der Waals surface area contributed by atoms with Crippen LogP contribution in [0, 0.1) is 11.8 Å². The van der Waals surface area contributed by atoms with Crippen LogP contribution in [0.3, 0.4) is 0 Å². The number of piperazine rings is 1. The van der Waals surface area contributed by atoms with Crippen molar-refractivity contribution in [2.24, 2.45) is 11.8 Å². The third-order valence-electron chi connectivity index (χ3n) is 14.5. The molecule has 0 aliphatic carbocycles. The number of rotatable bonds is 45. The molecule has 1 unspecified atom stereocenters. The molecule has 2 heterocycles. The summed E-state index contributed by atoms with van der Waals surface area (Å²) in [7, 11) is 2.23. The van der Waals surface area contributed by atoms with Crippen molar-refractivity contribution < 1.29 is 28.5 Å². The van der Waals surface area contributed by atoms with Crippen LogP contribution >= 0.6 is 0 Å². The van der Waals surface area contributed by atoms with Gasteiger partial charge < -0.3 is 28.7 Å². The lowest BCUT2D eigenvalue weighted by Gasteiger charge is -2.33. The number of unbranched alkanes of at least 4 members (excludes halogenated alkanes) is 22. The molecule has 0 aromatic carbocycles. The Morgan fingerprint density at radius 2 is 0.891 bits per heavy atom. The molecule has 2 aliphatic rings. The van der Waals surface area contributed by atoms with Crippen molar-refractivity contribution in [3.8, 4) is 0 Å². The lowest BCUT2D eigenvalue weighted by Crippen LogP contribution is -2.45. The van der Waals surface area contributed by atoms with Gasteiger partial charge in [0.15, 0.2) is 5.79 Å². The molecule has 1 atom stereocenters. The van der Waals surface area contributed by atoms with Gasteiger partial charge in [-0.2, -0.15) is 0 Å². The normalized spacial score (nSPS) is 17.0. The highest BCUT2D eigenvalue weighted by Gasteiger charge is 2.40. The van der Waals surface area contributed by atoms with E-state index < -0.39 is 5.79 Å². The summed E-state index contributed by atoms with van der Waals surface area (Å²) in [6.07, 6.45) is 43.5. The second kappa shape index (κ2) is 40.8. The maximum Gasteiger partial charge on any atom is 0.306 e. The number of carbonyl (C=O) groups is 2. The molecule has 378 valence electrons. The van der Waals surface area contributed by atoms with E-state index in [2.05, 4.69) is 44.5 Å². The van der Waals surface area contributed by atoms with Gasteiger partial charge in [-0.3, -0.25) is 9.59 Å². The van der Waals surface area contributed by atoms with E-state index in [0.29, 0.717) is 37.9 Å². The number of carbonyl (C=O) groups excluding carboxylic acids is 2. The SMILES string of the molecule is CCCCCC(CCCCC)CC(=O)OCCCCCCCCCCC1(CCCCCCCCCCOC(=O)CC(CCCCC)CCCCC)OCC(CCN2CCN(C)CC2)O1. The largest absolute Gasteiger partial charge is 0.466 e. The van der Waals surface area contributed by atoms with E-state index in [4.69, 9.17) is 18.9 Å². The summed E-state index contributed by atoms with van der Waals surface area (Å²) in [6.45, 7) is 16.7. The van der Waals surface area contributed by atoms with Crippen LogP contribution < -0.4 is 0 Å². The highest BCUT2D eigenvalue weighted by atomic mass is 16.7. The average molecular weight is 905 g/mol. The fourth-order valence-electron chi connectivity index (χ4n) is 10.0. The van der Waals surface area contributed by atoms with Crippen LogP contribution in [0.15, 0.2) is 0 Å². The smallest absolute Gasteiger partial charge is 0.306 e. The lowest BCUT2D eigenvalue weighted by molar-refractivity contribution is -0.180. The van der Waals surface area contributed by atoms with Crippen molar-refractivity contribution in [1.82, 2.24) is 9.80 Å². The third kappa shape index (κ3) is 31.7. The van der Waals surface area contributed by atoms with Crippen LogP contribution in [0.2, 0.25) is 0 Å². The van der Waals surface area contributed by atoms with Crippen molar-refractivity contribution >= 4 is 11.9 Å². The van der Waals surface area contributed by atoms with Gasteiger partial charge in [-0.05, 0) is 76.7 Å². The number of esters is 2. The molecule has 2 saturated heterocycles. The van der Waals surface area contributed by atoms with Crippen LogP contribution in [0.5, 0.6) is 0 Å². The predicted octanol–water partition coefficient (Wildman–Crippen LogP) is 15.2. The summed E-state index contributed by atoms with van der Waals surface area (Å²) in [5, 5.41) is 0. The molecule has 0 amide bonds. The van der Waals surface area contributed by atoms with Gasteiger partial charge in [0.2, 0.25) is 0 Å². The maximum absolute atomic E-state index is 12.6. The zero-order valence-electron chi connectivity index (χ0n) is 43.4. The summed E-state index contributed by atoms with van der Waals surface area (Å²) in [5.41, 5.74) is 0. The first-order valence-corrected chi connectivity index (χ1v) is 28.4. The third-order valence-corrected chi connectivity index (χ3v) is 14.5. The summed E-state index contributed by atoms with van der Waals surface area (Å²) in [6, 6.07) is 0. The zero-order chi connectivity index (χ0) is 46.2. The van der Waals surface area contributed by atoms with Crippen molar-refractivity contribution in [2.45, 2.75) is 277 Å². The van der Waals surface area contributed by atoms with Gasteiger partial charge in [0.1, 0.15) is 0 Å². The van der Waals surface area contributed by atoms with E-state index in [1.54, 1.807) is 0 Å². The van der Waals surface area contributed by atoms with Crippen LogP contribution in [0.4, 0.5) is 0 Å². The Hall–Kier alpha value is -1.22. The number of hydrogen-bond acceptors (Lipinski definition) is 8. The summed E-state index contributed by atoms with van der Waals surface area (Å²) < 4.78 is 24.8. The van der Waals surface area contributed by atoms with E-state index in [0.717, 1.165) is 84.3 Å². The number of likely N-dealkylation sites (N-methyl/N-ethyl adjacent to an activating group) is 1. The van der Waals surface area contributed by atoms with E-state index in [1.807, 2.05) is 0 Å². The topological polar surface area (TPSA) is 77.5 Å². The minimum absolute atomic E-state index is 0.0283. The minimum Gasteiger partial charge on any atom is -0.466 e. The molecule has 0 aromatic rings. The monoisotopic (exact) mass is 905 g/mol. The summed E-state index contributed by atoms with van der Waals surface area (Å²) in [4.78, 5) is 30.2. The van der Waals surface area contributed by atoms with Crippen molar-refractivity contribution in [2.75, 3.05) is 59.6 Å². The number of hydrogen-bond donors (Lipinski definition) is 0. The first kappa shape index (κ1) is 58.9. The lowest BCUT2D eigenvalue weighted by atomic mass is 9.92. The van der Waals surface area contributed by atoms with E-state index in [1.165, 1.54) is 180 Å². The van der Waals surface area contributed by atoms with Gasteiger partial charge >= 0.3 is 11.9 Å². The molecule has 8 nitrogen and oxygen atoms in total. The fourth-order valence-corrected chi connectivity index (χ4v) is 10.0.